The highest BCUT2D eigenvalue weighted by Crippen LogP contribution is 2.25. The molecule has 0 aliphatic heterocycles. The molecule has 0 aliphatic carbocycles. The lowest BCUT2D eigenvalue weighted by atomic mass is 10.1. The summed E-state index contributed by atoms with van der Waals surface area (Å²) in [5, 5.41) is 17.3. The summed E-state index contributed by atoms with van der Waals surface area (Å²) in [7, 11) is 0. The number of rotatable bonds is 8. The van der Waals surface area contributed by atoms with Gasteiger partial charge in [0.05, 0.1) is 4.92 Å². The summed E-state index contributed by atoms with van der Waals surface area (Å²) in [6, 6.07) is 3.28. The average Bonchev–Trinajstić information content (AvgIpc) is 2.35. The Kier molecular flexibility index (Phi) is 6.21. The van der Waals surface area contributed by atoms with Crippen molar-refractivity contribution >= 4 is 17.3 Å². The average molecular weight is 280 g/mol. The van der Waals surface area contributed by atoms with Gasteiger partial charge in [0.2, 0.25) is 5.82 Å². The van der Waals surface area contributed by atoms with Crippen molar-refractivity contribution in [1.29, 1.82) is 0 Å². The van der Waals surface area contributed by atoms with Crippen molar-refractivity contribution in [1.82, 2.24) is 4.98 Å². The quantitative estimate of drug-likeness (QED) is 0.561. The van der Waals surface area contributed by atoms with Gasteiger partial charge in [-0.05, 0) is 31.7 Å². The van der Waals surface area contributed by atoms with E-state index in [9.17, 15) is 10.1 Å². The Bertz CT molecular complexity index is 449. The maximum Gasteiger partial charge on any atom is 0.311 e. The topological polar surface area (TPSA) is 80.1 Å². The zero-order chi connectivity index (χ0) is 15.1. The van der Waals surface area contributed by atoms with Gasteiger partial charge in [-0.2, -0.15) is 0 Å². The summed E-state index contributed by atoms with van der Waals surface area (Å²) < 4.78 is 0. The first kappa shape index (κ1) is 16.2. The Morgan fingerprint density at radius 2 is 2.05 bits per heavy atom. The van der Waals surface area contributed by atoms with Crippen LogP contribution in [0.25, 0.3) is 0 Å². The first-order chi connectivity index (χ1) is 9.43. The summed E-state index contributed by atoms with van der Waals surface area (Å²) in [4.78, 5) is 15.0. The summed E-state index contributed by atoms with van der Waals surface area (Å²) in [6.07, 6.45) is 1.91. The molecule has 1 aromatic rings. The number of anilines is 2. The molecule has 1 heterocycles. The van der Waals surface area contributed by atoms with Crippen molar-refractivity contribution < 1.29 is 4.92 Å². The largest absolute Gasteiger partial charge is 0.370 e. The molecule has 0 bridgehead atoms. The maximum absolute atomic E-state index is 11.1. The van der Waals surface area contributed by atoms with Crippen LogP contribution in [0.3, 0.4) is 0 Å². The number of hydrogen-bond donors (Lipinski definition) is 2. The highest BCUT2D eigenvalue weighted by atomic mass is 16.6. The Hall–Kier alpha value is -1.85. The minimum atomic E-state index is -0.402. The predicted molar refractivity (Wildman–Crippen MR) is 82.2 cm³/mol. The van der Waals surface area contributed by atoms with Gasteiger partial charge in [0.1, 0.15) is 5.82 Å². The van der Waals surface area contributed by atoms with Crippen LogP contribution < -0.4 is 10.6 Å². The van der Waals surface area contributed by atoms with E-state index in [-0.39, 0.29) is 11.7 Å². The third-order valence-electron chi connectivity index (χ3n) is 2.83. The number of pyridine rings is 1. The number of nitro groups is 1. The summed E-state index contributed by atoms with van der Waals surface area (Å²) in [5.41, 5.74) is 0.0163. The molecular formula is C14H24N4O2. The summed E-state index contributed by atoms with van der Waals surface area (Å²) >= 11 is 0. The van der Waals surface area contributed by atoms with Crippen LogP contribution >= 0.6 is 0 Å². The van der Waals surface area contributed by atoms with E-state index in [0.717, 1.165) is 19.4 Å². The molecule has 2 N–H and O–H groups in total. The summed E-state index contributed by atoms with van der Waals surface area (Å²) in [6.45, 7) is 9.12. The zero-order valence-corrected chi connectivity index (χ0v) is 12.6. The van der Waals surface area contributed by atoms with E-state index in [1.807, 2.05) is 6.92 Å². The molecule has 0 saturated carbocycles. The second-order valence-corrected chi connectivity index (χ2v) is 5.42. The van der Waals surface area contributed by atoms with Gasteiger partial charge in [-0.3, -0.25) is 10.1 Å². The third kappa shape index (κ3) is 5.03. The number of aromatic nitrogens is 1. The predicted octanol–water partition coefficient (Wildman–Crippen LogP) is 3.66. The molecule has 0 aliphatic rings. The highest BCUT2D eigenvalue weighted by molar-refractivity contribution is 5.60. The van der Waals surface area contributed by atoms with E-state index >= 15 is 0 Å². The minimum Gasteiger partial charge on any atom is -0.370 e. The molecule has 6 heteroatoms. The van der Waals surface area contributed by atoms with E-state index in [4.69, 9.17) is 0 Å². The lowest BCUT2D eigenvalue weighted by Crippen LogP contribution is -2.19. The molecule has 0 spiro atoms. The fraction of sp³-hybridized carbons (Fsp3) is 0.643. The van der Waals surface area contributed by atoms with Crippen molar-refractivity contribution in [2.75, 3.05) is 17.2 Å². The number of nitrogens with zero attached hydrogens (tertiary/aromatic N) is 2. The standard InChI is InChI=1S/C14H24N4O2/c1-5-8-15-13-7-6-12(18(19)20)14(17-13)16-11(4)9-10(2)3/h6-7,10-11H,5,8-9H2,1-4H3,(H2,15,16,17). The molecule has 0 saturated heterocycles. The maximum atomic E-state index is 11.1. The normalized spacial score (nSPS) is 12.2. The molecule has 6 nitrogen and oxygen atoms in total. The second kappa shape index (κ2) is 7.67. The minimum absolute atomic E-state index is 0.0163. The first-order valence-electron chi connectivity index (χ1n) is 7.09. The van der Waals surface area contributed by atoms with Crippen LogP contribution in [0.15, 0.2) is 12.1 Å². The van der Waals surface area contributed by atoms with E-state index in [1.54, 1.807) is 6.07 Å². The van der Waals surface area contributed by atoms with Crippen molar-refractivity contribution in [3.05, 3.63) is 22.2 Å². The highest BCUT2D eigenvalue weighted by Gasteiger charge is 2.18. The van der Waals surface area contributed by atoms with Crippen LogP contribution in [-0.4, -0.2) is 22.5 Å². The van der Waals surface area contributed by atoms with Crippen LogP contribution in [0, 0.1) is 16.0 Å². The molecule has 0 amide bonds. The molecule has 1 atom stereocenters. The van der Waals surface area contributed by atoms with Gasteiger partial charge in [-0.25, -0.2) is 4.98 Å². The molecule has 0 aromatic carbocycles. The SMILES string of the molecule is CCCNc1ccc([N+](=O)[O-])c(NC(C)CC(C)C)n1. The molecule has 112 valence electrons. The third-order valence-corrected chi connectivity index (χ3v) is 2.83. The molecule has 20 heavy (non-hydrogen) atoms. The lowest BCUT2D eigenvalue weighted by Gasteiger charge is -2.17. The molecule has 1 rings (SSSR count). The Morgan fingerprint density at radius 1 is 1.35 bits per heavy atom. The van der Waals surface area contributed by atoms with E-state index in [2.05, 4.69) is 36.4 Å². The van der Waals surface area contributed by atoms with Crippen molar-refractivity contribution in [3.8, 4) is 0 Å². The summed E-state index contributed by atoms with van der Waals surface area (Å²) in [5.74, 6) is 1.53. The molecular weight excluding hydrogens is 256 g/mol. The van der Waals surface area contributed by atoms with Crippen LogP contribution in [-0.2, 0) is 0 Å². The van der Waals surface area contributed by atoms with E-state index < -0.39 is 4.92 Å². The molecule has 0 radical (unpaired) electrons. The Morgan fingerprint density at radius 3 is 2.60 bits per heavy atom. The zero-order valence-electron chi connectivity index (χ0n) is 12.6. The van der Waals surface area contributed by atoms with Gasteiger partial charge in [0, 0.05) is 18.7 Å². The van der Waals surface area contributed by atoms with Crippen LogP contribution in [0.1, 0.15) is 40.5 Å². The van der Waals surface area contributed by atoms with Gasteiger partial charge in [-0.15, -0.1) is 0 Å². The Balaban J connectivity index is 2.90. The monoisotopic (exact) mass is 280 g/mol. The van der Waals surface area contributed by atoms with Crippen molar-refractivity contribution in [3.63, 3.8) is 0 Å². The lowest BCUT2D eigenvalue weighted by molar-refractivity contribution is -0.384. The number of hydrogen-bond acceptors (Lipinski definition) is 5. The fourth-order valence-corrected chi connectivity index (χ4v) is 2.06. The fourth-order valence-electron chi connectivity index (χ4n) is 2.06. The molecule has 1 unspecified atom stereocenters. The Labute approximate surface area is 120 Å². The van der Waals surface area contributed by atoms with Crippen LogP contribution in [0.5, 0.6) is 0 Å². The van der Waals surface area contributed by atoms with Gasteiger partial charge >= 0.3 is 5.69 Å². The smallest absolute Gasteiger partial charge is 0.311 e. The van der Waals surface area contributed by atoms with E-state index in [1.165, 1.54) is 6.07 Å². The van der Waals surface area contributed by atoms with E-state index in [0.29, 0.717) is 17.6 Å². The molecule has 1 aromatic heterocycles. The first-order valence-corrected chi connectivity index (χ1v) is 7.09. The van der Waals surface area contributed by atoms with Crippen molar-refractivity contribution in [2.45, 2.75) is 46.6 Å². The van der Waals surface area contributed by atoms with Gasteiger partial charge in [0.15, 0.2) is 0 Å². The number of nitrogens with one attached hydrogen (secondary N) is 2. The molecule has 0 fully saturated rings. The second-order valence-electron chi connectivity index (χ2n) is 5.42. The van der Waals surface area contributed by atoms with Gasteiger partial charge in [0.25, 0.3) is 0 Å². The van der Waals surface area contributed by atoms with Crippen LogP contribution in [0.2, 0.25) is 0 Å². The van der Waals surface area contributed by atoms with Crippen molar-refractivity contribution in [2.24, 2.45) is 5.92 Å². The van der Waals surface area contributed by atoms with Gasteiger partial charge in [-0.1, -0.05) is 20.8 Å². The van der Waals surface area contributed by atoms with Gasteiger partial charge < -0.3 is 10.6 Å². The van der Waals surface area contributed by atoms with Crippen LogP contribution in [0.4, 0.5) is 17.3 Å².